The third-order valence-electron chi connectivity index (χ3n) is 4.30. The quantitative estimate of drug-likeness (QED) is 0.739. The van der Waals surface area contributed by atoms with Crippen LogP contribution in [0.15, 0.2) is 52.0 Å². The highest BCUT2D eigenvalue weighted by Crippen LogP contribution is 2.08. The Bertz CT molecular complexity index is 845. The van der Waals surface area contributed by atoms with Gasteiger partial charge >= 0.3 is 0 Å². The van der Waals surface area contributed by atoms with Crippen molar-refractivity contribution in [3.05, 3.63) is 63.2 Å². The molecule has 26 heavy (non-hydrogen) atoms. The first kappa shape index (κ1) is 18.3. The molecule has 7 nitrogen and oxygen atoms in total. The highest BCUT2D eigenvalue weighted by molar-refractivity contribution is 9.10. The summed E-state index contributed by atoms with van der Waals surface area (Å²) in [6.45, 7) is 1.92. The summed E-state index contributed by atoms with van der Waals surface area (Å²) in [7, 11) is 0. The molecule has 0 N–H and O–H groups in total. The van der Waals surface area contributed by atoms with Gasteiger partial charge in [0.25, 0.3) is 5.56 Å². The molecule has 1 aliphatic rings. The summed E-state index contributed by atoms with van der Waals surface area (Å²) in [5.41, 5.74) is 0.524. The number of halogens is 1. The van der Waals surface area contributed by atoms with Crippen molar-refractivity contribution in [2.75, 3.05) is 26.2 Å². The second-order valence-corrected chi connectivity index (χ2v) is 6.99. The predicted molar refractivity (Wildman–Crippen MR) is 99.5 cm³/mol. The van der Waals surface area contributed by atoms with Crippen LogP contribution in [0, 0.1) is 0 Å². The first-order valence-corrected chi connectivity index (χ1v) is 9.14. The van der Waals surface area contributed by atoms with Crippen molar-refractivity contribution in [1.82, 2.24) is 19.4 Å². The number of pyridine rings is 2. The predicted octanol–water partition coefficient (Wildman–Crippen LogP) is 0.919. The minimum atomic E-state index is -0.217. The standard InChI is InChI=1S/C18H19BrN4O3/c19-14-4-5-16(24)23(12-14)13-18(26)22-9-7-21(8-10-22)17(25)11-15-3-1-2-6-20-15/h1-6,12H,7-11,13H2. The zero-order chi connectivity index (χ0) is 18.5. The third-order valence-corrected chi connectivity index (χ3v) is 4.77. The molecule has 0 atom stereocenters. The molecule has 2 amide bonds. The molecular formula is C18H19BrN4O3. The Morgan fingerprint density at radius 2 is 1.69 bits per heavy atom. The molecule has 0 spiro atoms. The molecule has 2 aromatic rings. The molecule has 3 rings (SSSR count). The molecule has 3 heterocycles. The van der Waals surface area contributed by atoms with Crippen LogP contribution in [0.1, 0.15) is 5.69 Å². The molecule has 2 aromatic heterocycles. The summed E-state index contributed by atoms with van der Waals surface area (Å²) in [6, 6.07) is 8.57. The maximum Gasteiger partial charge on any atom is 0.251 e. The van der Waals surface area contributed by atoms with E-state index in [1.54, 1.807) is 28.3 Å². The molecule has 0 bridgehead atoms. The van der Waals surface area contributed by atoms with Crippen LogP contribution >= 0.6 is 15.9 Å². The van der Waals surface area contributed by atoms with Crippen LogP contribution in [0.4, 0.5) is 0 Å². The number of amides is 2. The van der Waals surface area contributed by atoms with Gasteiger partial charge in [0, 0.05) is 54.8 Å². The highest BCUT2D eigenvalue weighted by Gasteiger charge is 2.24. The summed E-state index contributed by atoms with van der Waals surface area (Å²) in [4.78, 5) is 44.2. The van der Waals surface area contributed by atoms with Crippen molar-refractivity contribution in [2.24, 2.45) is 0 Å². The van der Waals surface area contributed by atoms with Crippen molar-refractivity contribution in [1.29, 1.82) is 0 Å². The minimum Gasteiger partial charge on any atom is -0.339 e. The second-order valence-electron chi connectivity index (χ2n) is 6.07. The first-order valence-electron chi connectivity index (χ1n) is 8.34. The molecule has 0 radical (unpaired) electrons. The van der Waals surface area contributed by atoms with Gasteiger partial charge in [-0.05, 0) is 34.1 Å². The Morgan fingerprint density at radius 1 is 1.00 bits per heavy atom. The maximum atomic E-state index is 12.4. The van der Waals surface area contributed by atoms with Crippen LogP contribution in [0.25, 0.3) is 0 Å². The van der Waals surface area contributed by atoms with Crippen LogP contribution in [0.5, 0.6) is 0 Å². The van der Waals surface area contributed by atoms with E-state index in [9.17, 15) is 14.4 Å². The number of aromatic nitrogens is 2. The topological polar surface area (TPSA) is 75.5 Å². The number of carbonyl (C=O) groups is 2. The van der Waals surface area contributed by atoms with Crippen molar-refractivity contribution in [2.45, 2.75) is 13.0 Å². The summed E-state index contributed by atoms with van der Waals surface area (Å²) in [5, 5.41) is 0. The fourth-order valence-electron chi connectivity index (χ4n) is 2.85. The zero-order valence-corrected chi connectivity index (χ0v) is 15.8. The normalized spacial score (nSPS) is 14.3. The van der Waals surface area contributed by atoms with Gasteiger partial charge in [-0.3, -0.25) is 19.4 Å². The lowest BCUT2D eigenvalue weighted by molar-refractivity contribution is -0.139. The smallest absolute Gasteiger partial charge is 0.251 e. The van der Waals surface area contributed by atoms with E-state index in [2.05, 4.69) is 20.9 Å². The zero-order valence-electron chi connectivity index (χ0n) is 14.2. The van der Waals surface area contributed by atoms with Crippen LogP contribution in [-0.4, -0.2) is 57.3 Å². The number of carbonyl (C=O) groups excluding carboxylic acids is 2. The van der Waals surface area contributed by atoms with Crippen LogP contribution in [0.2, 0.25) is 0 Å². The summed E-state index contributed by atoms with van der Waals surface area (Å²) in [5.74, 6) is -0.110. The summed E-state index contributed by atoms with van der Waals surface area (Å²) < 4.78 is 2.13. The average molecular weight is 419 g/mol. The Hall–Kier alpha value is -2.48. The molecule has 0 saturated carbocycles. The Morgan fingerprint density at radius 3 is 2.35 bits per heavy atom. The van der Waals surface area contributed by atoms with Crippen LogP contribution in [-0.2, 0) is 22.6 Å². The molecule has 136 valence electrons. The average Bonchev–Trinajstić information content (AvgIpc) is 2.65. The van der Waals surface area contributed by atoms with E-state index in [0.29, 0.717) is 26.2 Å². The van der Waals surface area contributed by atoms with Gasteiger partial charge < -0.3 is 14.4 Å². The molecule has 1 aliphatic heterocycles. The fraction of sp³-hybridized carbons (Fsp3) is 0.333. The molecular weight excluding hydrogens is 400 g/mol. The largest absolute Gasteiger partial charge is 0.339 e. The lowest BCUT2D eigenvalue weighted by Gasteiger charge is -2.35. The van der Waals surface area contributed by atoms with Gasteiger partial charge in [-0.15, -0.1) is 0 Å². The molecule has 1 saturated heterocycles. The number of nitrogens with zero attached hydrogens (tertiary/aromatic N) is 4. The number of piperazine rings is 1. The lowest BCUT2D eigenvalue weighted by Crippen LogP contribution is -2.52. The van der Waals surface area contributed by atoms with Gasteiger partial charge in [-0.25, -0.2) is 0 Å². The third kappa shape index (κ3) is 4.57. The van der Waals surface area contributed by atoms with Gasteiger partial charge in [-0.2, -0.15) is 0 Å². The van der Waals surface area contributed by atoms with Crippen molar-refractivity contribution in [3.63, 3.8) is 0 Å². The van der Waals surface area contributed by atoms with Gasteiger partial charge in [0.2, 0.25) is 11.8 Å². The second kappa shape index (κ2) is 8.27. The van der Waals surface area contributed by atoms with E-state index in [0.717, 1.165) is 10.2 Å². The molecule has 1 fully saturated rings. The van der Waals surface area contributed by atoms with E-state index in [1.807, 2.05) is 18.2 Å². The van der Waals surface area contributed by atoms with E-state index in [4.69, 9.17) is 0 Å². The Kier molecular flexibility index (Phi) is 5.82. The monoisotopic (exact) mass is 418 g/mol. The van der Waals surface area contributed by atoms with Gasteiger partial charge in [0.15, 0.2) is 0 Å². The first-order chi connectivity index (χ1) is 12.5. The van der Waals surface area contributed by atoms with Crippen molar-refractivity contribution in [3.8, 4) is 0 Å². The lowest BCUT2D eigenvalue weighted by atomic mass is 10.2. The number of hydrogen-bond donors (Lipinski definition) is 0. The summed E-state index contributed by atoms with van der Waals surface area (Å²) >= 11 is 3.30. The number of rotatable bonds is 4. The van der Waals surface area contributed by atoms with Crippen molar-refractivity contribution < 1.29 is 9.59 Å². The molecule has 8 heteroatoms. The summed E-state index contributed by atoms with van der Waals surface area (Å²) in [6.07, 6.45) is 3.54. The van der Waals surface area contributed by atoms with Crippen molar-refractivity contribution >= 4 is 27.7 Å². The Labute approximate surface area is 159 Å². The van der Waals surface area contributed by atoms with Crippen LogP contribution in [0.3, 0.4) is 0 Å². The number of hydrogen-bond acceptors (Lipinski definition) is 4. The fourth-order valence-corrected chi connectivity index (χ4v) is 3.23. The SMILES string of the molecule is O=C(Cc1ccccn1)N1CCN(C(=O)Cn2cc(Br)ccc2=O)CC1. The van der Waals surface area contributed by atoms with Gasteiger partial charge in [-0.1, -0.05) is 6.07 Å². The minimum absolute atomic E-state index is 0.000154. The maximum absolute atomic E-state index is 12.4. The van der Waals surface area contributed by atoms with Gasteiger partial charge in [0.05, 0.1) is 6.42 Å². The van der Waals surface area contributed by atoms with Crippen LogP contribution < -0.4 is 5.56 Å². The highest BCUT2D eigenvalue weighted by atomic mass is 79.9. The van der Waals surface area contributed by atoms with E-state index < -0.39 is 0 Å². The molecule has 0 aliphatic carbocycles. The van der Waals surface area contributed by atoms with Gasteiger partial charge in [0.1, 0.15) is 6.54 Å². The van der Waals surface area contributed by atoms with E-state index in [1.165, 1.54) is 10.6 Å². The van der Waals surface area contributed by atoms with E-state index in [-0.39, 0.29) is 30.3 Å². The molecule has 0 aromatic carbocycles. The van der Waals surface area contributed by atoms with E-state index >= 15 is 0 Å². The molecule has 0 unspecified atom stereocenters. The Balaban J connectivity index is 1.53.